The number of likely N-dealkylation sites (tertiary alicyclic amines) is 1. The molecule has 1 atom stereocenters. The van der Waals surface area contributed by atoms with Gasteiger partial charge in [-0.2, -0.15) is 0 Å². The van der Waals surface area contributed by atoms with Crippen molar-refractivity contribution in [3.63, 3.8) is 0 Å². The first-order valence-electron chi connectivity index (χ1n) is 13.9. The SMILES string of the molecule is NC(=O)c1cccnc1CC(N)CCCCCCCCCCN1CCC(c2ccc([N+](=O)[O-])cc2)CC1. The quantitative estimate of drug-likeness (QED) is 0.178. The molecule has 4 N–H and O–H groups in total. The summed E-state index contributed by atoms with van der Waals surface area (Å²) in [6.45, 7) is 3.42. The van der Waals surface area contributed by atoms with Crippen molar-refractivity contribution in [1.82, 2.24) is 9.88 Å². The lowest BCUT2D eigenvalue weighted by Gasteiger charge is -2.32. The van der Waals surface area contributed by atoms with E-state index in [0.717, 1.165) is 38.8 Å². The lowest BCUT2D eigenvalue weighted by atomic mass is 9.89. The summed E-state index contributed by atoms with van der Waals surface area (Å²) in [6, 6.07) is 10.6. The maximum absolute atomic E-state index is 11.5. The van der Waals surface area contributed by atoms with Crippen LogP contribution in [0.4, 0.5) is 5.69 Å². The number of hydrogen-bond donors (Lipinski definition) is 2. The minimum Gasteiger partial charge on any atom is -0.366 e. The summed E-state index contributed by atoms with van der Waals surface area (Å²) >= 11 is 0. The molecule has 1 aliphatic rings. The molecular weight excluding hydrogens is 466 g/mol. The van der Waals surface area contributed by atoms with Crippen molar-refractivity contribution in [3.05, 3.63) is 69.5 Å². The molecule has 202 valence electrons. The fourth-order valence-electron chi connectivity index (χ4n) is 5.34. The van der Waals surface area contributed by atoms with E-state index in [0.29, 0.717) is 23.6 Å². The van der Waals surface area contributed by atoms with Gasteiger partial charge in [-0.05, 0) is 68.9 Å². The zero-order chi connectivity index (χ0) is 26.5. The first-order valence-corrected chi connectivity index (χ1v) is 13.9. The van der Waals surface area contributed by atoms with E-state index in [9.17, 15) is 14.9 Å². The predicted octanol–water partition coefficient (Wildman–Crippen LogP) is 5.35. The lowest BCUT2D eigenvalue weighted by Crippen LogP contribution is -2.33. The van der Waals surface area contributed by atoms with E-state index in [2.05, 4.69) is 9.88 Å². The van der Waals surface area contributed by atoms with E-state index in [1.165, 1.54) is 57.1 Å². The number of nitro groups is 1. The second-order valence-electron chi connectivity index (χ2n) is 10.4. The predicted molar refractivity (Wildman–Crippen MR) is 147 cm³/mol. The third-order valence-electron chi connectivity index (χ3n) is 7.57. The molecule has 1 amide bonds. The molecule has 8 heteroatoms. The Bertz CT molecular complexity index is 974. The maximum Gasteiger partial charge on any atom is 0.269 e. The van der Waals surface area contributed by atoms with Gasteiger partial charge in [0.2, 0.25) is 0 Å². The number of pyridine rings is 1. The van der Waals surface area contributed by atoms with E-state index in [-0.39, 0.29) is 16.7 Å². The van der Waals surface area contributed by atoms with Crippen LogP contribution in [0, 0.1) is 10.1 Å². The van der Waals surface area contributed by atoms with Gasteiger partial charge in [0, 0.05) is 30.8 Å². The fourth-order valence-corrected chi connectivity index (χ4v) is 5.34. The van der Waals surface area contributed by atoms with Crippen LogP contribution in [0.2, 0.25) is 0 Å². The molecule has 1 aromatic heterocycles. The van der Waals surface area contributed by atoms with Gasteiger partial charge in [0.05, 0.1) is 16.2 Å². The van der Waals surface area contributed by atoms with Crippen LogP contribution in [0.1, 0.15) is 98.2 Å². The Labute approximate surface area is 221 Å². The normalized spacial score (nSPS) is 15.5. The van der Waals surface area contributed by atoms with Crippen LogP contribution in [0.3, 0.4) is 0 Å². The van der Waals surface area contributed by atoms with Crippen molar-refractivity contribution in [2.24, 2.45) is 11.5 Å². The number of nitro benzene ring substituents is 1. The number of unbranched alkanes of at least 4 members (excludes halogenated alkanes) is 7. The summed E-state index contributed by atoms with van der Waals surface area (Å²) in [7, 11) is 0. The van der Waals surface area contributed by atoms with Gasteiger partial charge in [-0.3, -0.25) is 19.9 Å². The minimum atomic E-state index is -0.445. The van der Waals surface area contributed by atoms with Crippen molar-refractivity contribution in [3.8, 4) is 0 Å². The topological polar surface area (TPSA) is 128 Å². The summed E-state index contributed by atoms with van der Waals surface area (Å²) in [5.74, 6) is 0.0776. The summed E-state index contributed by atoms with van der Waals surface area (Å²) < 4.78 is 0. The number of piperidine rings is 1. The Balaban J connectivity index is 1.16. The zero-order valence-electron chi connectivity index (χ0n) is 22.0. The maximum atomic E-state index is 11.5. The number of rotatable bonds is 16. The van der Waals surface area contributed by atoms with E-state index in [4.69, 9.17) is 11.5 Å². The number of carbonyl (C=O) groups is 1. The summed E-state index contributed by atoms with van der Waals surface area (Å²) in [6.07, 6.45) is 15.5. The Morgan fingerprint density at radius 2 is 1.62 bits per heavy atom. The molecule has 0 spiro atoms. The second-order valence-corrected chi connectivity index (χ2v) is 10.4. The second kappa shape index (κ2) is 15.4. The monoisotopic (exact) mass is 509 g/mol. The van der Waals surface area contributed by atoms with Gasteiger partial charge in [0.25, 0.3) is 11.6 Å². The number of benzene rings is 1. The fraction of sp³-hybridized carbons (Fsp3) is 0.586. The Kier molecular flexibility index (Phi) is 12.0. The first-order chi connectivity index (χ1) is 17.9. The number of aromatic nitrogens is 1. The molecule has 1 fully saturated rings. The van der Waals surface area contributed by atoms with Crippen LogP contribution < -0.4 is 11.5 Å². The minimum absolute atomic E-state index is 0.00667. The number of hydrogen-bond acceptors (Lipinski definition) is 6. The van der Waals surface area contributed by atoms with Gasteiger partial charge in [0.15, 0.2) is 0 Å². The van der Waals surface area contributed by atoms with Gasteiger partial charge in [-0.25, -0.2) is 0 Å². The third-order valence-corrected chi connectivity index (χ3v) is 7.57. The number of amides is 1. The molecule has 0 radical (unpaired) electrons. The number of non-ortho nitro benzene ring substituents is 1. The van der Waals surface area contributed by atoms with Crippen LogP contribution in [0.25, 0.3) is 0 Å². The molecule has 2 aromatic rings. The summed E-state index contributed by atoms with van der Waals surface area (Å²) in [5, 5.41) is 10.8. The van der Waals surface area contributed by atoms with Crippen molar-refractivity contribution >= 4 is 11.6 Å². The summed E-state index contributed by atoms with van der Waals surface area (Å²) in [4.78, 5) is 28.9. The average Bonchev–Trinajstić information content (AvgIpc) is 2.90. The Hall–Kier alpha value is -2.84. The van der Waals surface area contributed by atoms with E-state index >= 15 is 0 Å². The molecule has 1 aliphatic heterocycles. The van der Waals surface area contributed by atoms with Crippen molar-refractivity contribution in [1.29, 1.82) is 0 Å². The van der Waals surface area contributed by atoms with Gasteiger partial charge in [-0.15, -0.1) is 0 Å². The highest BCUT2D eigenvalue weighted by molar-refractivity contribution is 5.93. The smallest absolute Gasteiger partial charge is 0.269 e. The highest BCUT2D eigenvalue weighted by atomic mass is 16.6. The molecule has 0 saturated carbocycles. The molecule has 8 nitrogen and oxygen atoms in total. The van der Waals surface area contributed by atoms with Crippen molar-refractivity contribution in [2.45, 2.75) is 89.0 Å². The van der Waals surface area contributed by atoms with Crippen LogP contribution in [0.15, 0.2) is 42.6 Å². The van der Waals surface area contributed by atoms with Gasteiger partial charge in [0.1, 0.15) is 0 Å². The average molecular weight is 510 g/mol. The number of nitrogens with two attached hydrogens (primary N) is 2. The Morgan fingerprint density at radius 3 is 2.24 bits per heavy atom. The Morgan fingerprint density at radius 1 is 1.00 bits per heavy atom. The number of primary amides is 1. The van der Waals surface area contributed by atoms with Crippen LogP contribution in [-0.4, -0.2) is 46.4 Å². The molecule has 1 unspecified atom stereocenters. The molecular formula is C29H43N5O3. The van der Waals surface area contributed by atoms with E-state index in [1.807, 2.05) is 12.1 Å². The zero-order valence-corrected chi connectivity index (χ0v) is 22.0. The summed E-state index contributed by atoms with van der Waals surface area (Å²) in [5.41, 5.74) is 14.3. The van der Waals surface area contributed by atoms with Gasteiger partial charge < -0.3 is 16.4 Å². The van der Waals surface area contributed by atoms with E-state index in [1.54, 1.807) is 30.5 Å². The number of nitrogens with zero attached hydrogens (tertiary/aromatic N) is 3. The highest BCUT2D eigenvalue weighted by Crippen LogP contribution is 2.29. The van der Waals surface area contributed by atoms with E-state index < -0.39 is 5.91 Å². The van der Waals surface area contributed by atoms with Gasteiger partial charge >= 0.3 is 0 Å². The molecule has 0 aliphatic carbocycles. The van der Waals surface area contributed by atoms with Crippen LogP contribution in [-0.2, 0) is 6.42 Å². The van der Waals surface area contributed by atoms with Gasteiger partial charge in [-0.1, -0.05) is 57.1 Å². The van der Waals surface area contributed by atoms with Crippen molar-refractivity contribution in [2.75, 3.05) is 19.6 Å². The molecule has 2 heterocycles. The third kappa shape index (κ3) is 9.85. The largest absolute Gasteiger partial charge is 0.366 e. The van der Waals surface area contributed by atoms with Crippen LogP contribution >= 0.6 is 0 Å². The van der Waals surface area contributed by atoms with Crippen LogP contribution in [0.5, 0.6) is 0 Å². The molecule has 37 heavy (non-hydrogen) atoms. The standard InChI is InChI=1S/C29H43N5O3/c30-25(22-28-27(29(31)35)11-9-18-32-28)10-7-5-3-1-2-4-6-8-19-33-20-16-24(17-21-33)23-12-14-26(15-13-23)34(36)37/h9,11-15,18,24-25H,1-8,10,16-17,19-22,30H2,(H2,31,35). The molecule has 3 rings (SSSR count). The molecule has 1 saturated heterocycles. The van der Waals surface area contributed by atoms with Crippen molar-refractivity contribution < 1.29 is 9.72 Å². The highest BCUT2D eigenvalue weighted by Gasteiger charge is 2.20. The molecule has 0 bridgehead atoms. The first kappa shape index (κ1) is 28.7. The number of carbonyl (C=O) groups excluding carboxylic acids is 1. The lowest BCUT2D eigenvalue weighted by molar-refractivity contribution is -0.384. The molecule has 1 aromatic carbocycles.